The number of hydrogen-bond donors (Lipinski definition) is 3. The first kappa shape index (κ1) is 11.8. The van der Waals surface area contributed by atoms with Gasteiger partial charge in [0.05, 0.1) is 12.5 Å². The molecule has 1 aliphatic carbocycles. The molecule has 0 bridgehead atoms. The fourth-order valence-electron chi connectivity index (χ4n) is 2.47. The van der Waals surface area contributed by atoms with Crippen LogP contribution in [0, 0.1) is 5.92 Å². The highest BCUT2D eigenvalue weighted by molar-refractivity contribution is 5.72. The number of nitrogens with one attached hydrogen (secondary N) is 1. The van der Waals surface area contributed by atoms with Crippen molar-refractivity contribution in [1.82, 2.24) is 5.32 Å². The lowest BCUT2D eigenvalue weighted by atomic mass is 9.77. The molecular formula is C11H19NO4. The maximum atomic E-state index is 10.9. The van der Waals surface area contributed by atoms with Crippen molar-refractivity contribution in [2.75, 3.05) is 19.8 Å². The van der Waals surface area contributed by atoms with Crippen molar-refractivity contribution in [2.45, 2.75) is 37.3 Å². The number of aliphatic hydroxyl groups is 1. The number of carbonyl (C=O) groups is 1. The van der Waals surface area contributed by atoms with E-state index in [0.29, 0.717) is 13.2 Å². The molecule has 5 nitrogen and oxygen atoms in total. The van der Waals surface area contributed by atoms with E-state index in [0.717, 1.165) is 25.7 Å². The molecule has 1 saturated carbocycles. The molecule has 2 atom stereocenters. The molecule has 2 rings (SSSR count). The van der Waals surface area contributed by atoms with Crippen molar-refractivity contribution in [1.29, 1.82) is 0 Å². The number of rotatable bonds is 4. The summed E-state index contributed by atoms with van der Waals surface area (Å²) in [5, 5.41) is 21.8. The van der Waals surface area contributed by atoms with Gasteiger partial charge in [-0.05, 0) is 25.7 Å². The molecule has 2 fully saturated rings. The highest BCUT2D eigenvalue weighted by Crippen LogP contribution is 2.31. The lowest BCUT2D eigenvalue weighted by Gasteiger charge is -2.44. The van der Waals surface area contributed by atoms with E-state index < -0.39 is 5.97 Å². The number of carboxylic acids is 1. The molecule has 0 radical (unpaired) electrons. The number of ether oxygens (including phenoxy) is 1. The Morgan fingerprint density at radius 3 is 2.50 bits per heavy atom. The van der Waals surface area contributed by atoms with E-state index >= 15 is 0 Å². The van der Waals surface area contributed by atoms with Gasteiger partial charge in [-0.2, -0.15) is 0 Å². The Balaban J connectivity index is 1.93. The van der Waals surface area contributed by atoms with Gasteiger partial charge < -0.3 is 20.3 Å². The first-order chi connectivity index (χ1) is 7.67. The van der Waals surface area contributed by atoms with Gasteiger partial charge in [-0.3, -0.25) is 4.79 Å². The molecule has 0 aromatic heterocycles. The molecule has 1 heterocycles. The zero-order chi connectivity index (χ0) is 11.6. The molecule has 1 saturated heterocycles. The van der Waals surface area contributed by atoms with Crippen molar-refractivity contribution >= 4 is 5.97 Å². The van der Waals surface area contributed by atoms with Crippen LogP contribution in [0.25, 0.3) is 0 Å². The molecule has 0 amide bonds. The minimum Gasteiger partial charge on any atom is -0.481 e. The Hall–Kier alpha value is -0.650. The third kappa shape index (κ3) is 2.21. The fraction of sp³-hybridized carbons (Fsp3) is 0.909. The standard InChI is InChI=1S/C11H19NO4/c13-7-11(3-5-16-6-4-11)12-9-2-1-8(9)10(14)15/h8-9,12-13H,1-7H2,(H,14,15). The Morgan fingerprint density at radius 1 is 1.38 bits per heavy atom. The molecule has 5 heteroatoms. The number of aliphatic hydroxyl groups excluding tert-OH is 1. The predicted molar refractivity (Wildman–Crippen MR) is 57.2 cm³/mol. The zero-order valence-corrected chi connectivity index (χ0v) is 9.32. The molecule has 1 aliphatic heterocycles. The average Bonchev–Trinajstić information content (AvgIpc) is 2.25. The first-order valence-corrected chi connectivity index (χ1v) is 5.86. The van der Waals surface area contributed by atoms with Crippen LogP contribution in [0.3, 0.4) is 0 Å². The Bertz CT molecular complexity index is 263. The molecule has 0 spiro atoms. The lowest BCUT2D eigenvalue weighted by Crippen LogP contribution is -2.61. The van der Waals surface area contributed by atoms with E-state index in [1.807, 2.05) is 0 Å². The normalized spacial score (nSPS) is 33.1. The van der Waals surface area contributed by atoms with Crippen LogP contribution in [0.15, 0.2) is 0 Å². The summed E-state index contributed by atoms with van der Waals surface area (Å²) in [7, 11) is 0. The van der Waals surface area contributed by atoms with Crippen molar-refractivity contribution in [3.05, 3.63) is 0 Å². The summed E-state index contributed by atoms with van der Waals surface area (Å²) in [5.74, 6) is -1.02. The van der Waals surface area contributed by atoms with Gasteiger partial charge in [-0.15, -0.1) is 0 Å². The quantitative estimate of drug-likeness (QED) is 0.631. The topological polar surface area (TPSA) is 78.8 Å². The molecule has 92 valence electrons. The van der Waals surface area contributed by atoms with E-state index in [4.69, 9.17) is 9.84 Å². The maximum Gasteiger partial charge on any atom is 0.308 e. The third-order valence-electron chi connectivity index (χ3n) is 3.84. The second-order valence-corrected chi connectivity index (χ2v) is 4.82. The number of hydrogen-bond acceptors (Lipinski definition) is 4. The molecule has 2 unspecified atom stereocenters. The van der Waals surface area contributed by atoms with Crippen molar-refractivity contribution in [3.63, 3.8) is 0 Å². The van der Waals surface area contributed by atoms with E-state index in [1.165, 1.54) is 0 Å². The van der Waals surface area contributed by atoms with Gasteiger partial charge in [0.1, 0.15) is 0 Å². The van der Waals surface area contributed by atoms with Crippen molar-refractivity contribution in [2.24, 2.45) is 5.92 Å². The second kappa shape index (κ2) is 4.69. The summed E-state index contributed by atoms with van der Waals surface area (Å²) in [4.78, 5) is 10.9. The van der Waals surface area contributed by atoms with Crippen molar-refractivity contribution in [3.8, 4) is 0 Å². The first-order valence-electron chi connectivity index (χ1n) is 5.86. The summed E-state index contributed by atoms with van der Waals surface area (Å²) >= 11 is 0. The van der Waals surface area contributed by atoms with Crippen LogP contribution in [0.4, 0.5) is 0 Å². The van der Waals surface area contributed by atoms with Gasteiger partial charge in [-0.25, -0.2) is 0 Å². The van der Waals surface area contributed by atoms with Gasteiger partial charge in [0.25, 0.3) is 0 Å². The summed E-state index contributed by atoms with van der Waals surface area (Å²) in [6.45, 7) is 1.33. The van der Waals surface area contributed by atoms with Crippen LogP contribution in [-0.4, -0.2) is 47.6 Å². The van der Waals surface area contributed by atoms with Crippen molar-refractivity contribution < 1.29 is 19.7 Å². The monoisotopic (exact) mass is 229 g/mol. The minimum atomic E-state index is -0.733. The largest absolute Gasteiger partial charge is 0.481 e. The number of carboxylic acid groups (broad SMARTS) is 1. The zero-order valence-electron chi connectivity index (χ0n) is 9.32. The van der Waals surface area contributed by atoms with Gasteiger partial charge in [0.2, 0.25) is 0 Å². The Morgan fingerprint density at radius 2 is 2.06 bits per heavy atom. The van der Waals surface area contributed by atoms with Crippen LogP contribution in [0.1, 0.15) is 25.7 Å². The predicted octanol–water partition coefficient (Wildman–Crippen LogP) is -0.0193. The lowest BCUT2D eigenvalue weighted by molar-refractivity contribution is -0.146. The van der Waals surface area contributed by atoms with Gasteiger partial charge in [0.15, 0.2) is 0 Å². The van der Waals surface area contributed by atoms with Crippen LogP contribution in [-0.2, 0) is 9.53 Å². The highest BCUT2D eigenvalue weighted by atomic mass is 16.5. The Labute approximate surface area is 94.8 Å². The summed E-state index contributed by atoms with van der Waals surface area (Å²) < 4.78 is 5.27. The highest BCUT2D eigenvalue weighted by Gasteiger charge is 2.42. The fourth-order valence-corrected chi connectivity index (χ4v) is 2.47. The number of aliphatic carboxylic acids is 1. The van der Waals surface area contributed by atoms with E-state index in [2.05, 4.69) is 5.32 Å². The van der Waals surface area contributed by atoms with Gasteiger partial charge in [-0.1, -0.05) is 0 Å². The van der Waals surface area contributed by atoms with Gasteiger partial charge >= 0.3 is 5.97 Å². The Kier molecular flexibility index (Phi) is 3.47. The summed E-state index contributed by atoms with van der Waals surface area (Å²) in [6, 6.07) is 0.0164. The minimum absolute atomic E-state index is 0.0164. The smallest absolute Gasteiger partial charge is 0.308 e. The SMILES string of the molecule is O=C(O)C1CCC1NC1(CO)CCOCC1. The molecule has 2 aliphatic rings. The molecule has 16 heavy (non-hydrogen) atoms. The molecular weight excluding hydrogens is 210 g/mol. The molecule has 0 aromatic rings. The van der Waals surface area contributed by atoms with Crippen LogP contribution >= 0.6 is 0 Å². The summed E-state index contributed by atoms with van der Waals surface area (Å²) in [5.41, 5.74) is -0.322. The van der Waals surface area contributed by atoms with E-state index in [1.54, 1.807) is 0 Å². The average molecular weight is 229 g/mol. The van der Waals surface area contributed by atoms with E-state index in [9.17, 15) is 9.90 Å². The summed E-state index contributed by atoms with van der Waals surface area (Å²) in [6.07, 6.45) is 3.14. The third-order valence-corrected chi connectivity index (χ3v) is 3.84. The molecule has 0 aromatic carbocycles. The van der Waals surface area contributed by atoms with E-state index in [-0.39, 0.29) is 24.1 Å². The van der Waals surface area contributed by atoms with Crippen LogP contribution in [0.5, 0.6) is 0 Å². The van der Waals surface area contributed by atoms with Crippen LogP contribution < -0.4 is 5.32 Å². The van der Waals surface area contributed by atoms with Crippen LogP contribution in [0.2, 0.25) is 0 Å². The maximum absolute atomic E-state index is 10.9. The molecule has 3 N–H and O–H groups in total. The second-order valence-electron chi connectivity index (χ2n) is 4.82. The van der Waals surface area contributed by atoms with Gasteiger partial charge in [0, 0.05) is 24.8 Å².